The van der Waals surface area contributed by atoms with E-state index in [9.17, 15) is 14.0 Å². The van der Waals surface area contributed by atoms with Crippen LogP contribution in [0.15, 0.2) is 24.4 Å². The molecule has 1 aromatic heterocycles. The zero-order valence-electron chi connectivity index (χ0n) is 12.2. The van der Waals surface area contributed by atoms with Crippen molar-refractivity contribution in [3.05, 3.63) is 40.9 Å². The van der Waals surface area contributed by atoms with Crippen LogP contribution in [0.4, 0.5) is 4.39 Å². The van der Waals surface area contributed by atoms with Crippen molar-refractivity contribution in [3.63, 3.8) is 0 Å². The lowest BCUT2D eigenvalue weighted by Crippen LogP contribution is -2.29. The highest BCUT2D eigenvalue weighted by molar-refractivity contribution is 6.30. The van der Waals surface area contributed by atoms with Gasteiger partial charge < -0.3 is 10.4 Å². The van der Waals surface area contributed by atoms with Crippen molar-refractivity contribution in [2.24, 2.45) is 5.92 Å². The molecule has 1 unspecified atom stereocenters. The van der Waals surface area contributed by atoms with Crippen molar-refractivity contribution < 1.29 is 19.1 Å². The van der Waals surface area contributed by atoms with Gasteiger partial charge in [0, 0.05) is 13.0 Å². The minimum Gasteiger partial charge on any atom is -0.481 e. The predicted molar refractivity (Wildman–Crippen MR) is 80.1 cm³/mol. The molecule has 0 radical (unpaired) electrons. The first kappa shape index (κ1) is 16.9. The molecule has 0 spiro atoms. The Kier molecular flexibility index (Phi) is 5.28. The number of hydrogen-bond donors (Lipinski definition) is 2. The maximum absolute atomic E-state index is 13.9. The molecular formula is C14H14ClFN4O3. The largest absolute Gasteiger partial charge is 0.481 e. The normalized spacial score (nSPS) is 12.0. The molecule has 1 atom stereocenters. The van der Waals surface area contributed by atoms with Crippen LogP contribution in [0.3, 0.4) is 0 Å². The molecular weight excluding hydrogens is 327 g/mol. The number of carbonyl (C=O) groups excluding carboxylic acids is 1. The zero-order chi connectivity index (χ0) is 17.0. The molecule has 0 saturated carbocycles. The lowest BCUT2D eigenvalue weighted by molar-refractivity contribution is -0.137. The number of carbonyl (C=O) groups is 2. The van der Waals surface area contributed by atoms with Gasteiger partial charge in [0.25, 0.3) is 5.91 Å². The summed E-state index contributed by atoms with van der Waals surface area (Å²) in [5.41, 5.74) is 0.0650. The molecule has 9 heteroatoms. The number of amides is 1. The van der Waals surface area contributed by atoms with Crippen molar-refractivity contribution >= 4 is 23.5 Å². The molecule has 2 N–H and O–H groups in total. The van der Waals surface area contributed by atoms with Gasteiger partial charge in [-0.15, -0.1) is 5.10 Å². The molecule has 0 bridgehead atoms. The zero-order valence-corrected chi connectivity index (χ0v) is 12.9. The Morgan fingerprint density at radius 1 is 1.48 bits per heavy atom. The van der Waals surface area contributed by atoms with Gasteiger partial charge in [-0.25, -0.2) is 9.07 Å². The predicted octanol–water partition coefficient (Wildman–Crippen LogP) is 1.90. The second-order valence-corrected chi connectivity index (χ2v) is 5.44. The Hall–Kier alpha value is -2.48. The molecule has 7 nitrogen and oxygen atoms in total. The summed E-state index contributed by atoms with van der Waals surface area (Å²) in [6.07, 6.45) is 1.21. The van der Waals surface area contributed by atoms with Crippen molar-refractivity contribution in [3.8, 4) is 5.69 Å². The number of benzene rings is 1. The number of aromatic nitrogens is 3. The van der Waals surface area contributed by atoms with Crippen LogP contribution < -0.4 is 5.32 Å². The van der Waals surface area contributed by atoms with E-state index >= 15 is 0 Å². The fourth-order valence-electron chi connectivity index (χ4n) is 1.88. The summed E-state index contributed by atoms with van der Waals surface area (Å²) in [6, 6.07) is 4.40. The summed E-state index contributed by atoms with van der Waals surface area (Å²) >= 11 is 5.70. The van der Waals surface area contributed by atoms with Crippen LogP contribution in [0, 0.1) is 11.7 Å². The molecule has 0 fully saturated rings. The minimum absolute atomic E-state index is 0.00750. The number of nitrogens with zero attached hydrogens (tertiary/aromatic N) is 3. The third-order valence-electron chi connectivity index (χ3n) is 3.04. The van der Waals surface area contributed by atoms with E-state index in [1.165, 1.54) is 18.3 Å². The van der Waals surface area contributed by atoms with Crippen LogP contribution in [0.2, 0.25) is 5.02 Å². The lowest BCUT2D eigenvalue weighted by atomic mass is 10.1. The Morgan fingerprint density at radius 3 is 2.91 bits per heavy atom. The fraction of sp³-hybridized carbons (Fsp3) is 0.286. The molecule has 0 aliphatic heterocycles. The fourth-order valence-corrected chi connectivity index (χ4v) is 2.05. The van der Waals surface area contributed by atoms with Crippen LogP contribution in [0.5, 0.6) is 0 Å². The van der Waals surface area contributed by atoms with Gasteiger partial charge in [-0.05, 0) is 18.1 Å². The number of aliphatic carboxylic acids is 1. The van der Waals surface area contributed by atoms with E-state index in [4.69, 9.17) is 16.7 Å². The smallest absolute Gasteiger partial charge is 0.303 e. The van der Waals surface area contributed by atoms with Crippen molar-refractivity contribution in [1.29, 1.82) is 0 Å². The summed E-state index contributed by atoms with van der Waals surface area (Å²) in [5, 5.41) is 18.5. The van der Waals surface area contributed by atoms with E-state index in [1.807, 2.05) is 0 Å². The van der Waals surface area contributed by atoms with Gasteiger partial charge in [0.05, 0.1) is 11.2 Å². The van der Waals surface area contributed by atoms with E-state index in [0.29, 0.717) is 0 Å². The van der Waals surface area contributed by atoms with Crippen molar-refractivity contribution in [1.82, 2.24) is 20.3 Å². The maximum Gasteiger partial charge on any atom is 0.303 e. The minimum atomic E-state index is -0.936. The van der Waals surface area contributed by atoms with Crippen LogP contribution in [-0.4, -0.2) is 38.5 Å². The molecule has 0 aliphatic rings. The van der Waals surface area contributed by atoms with Crippen molar-refractivity contribution in [2.45, 2.75) is 13.3 Å². The van der Waals surface area contributed by atoms with E-state index in [-0.39, 0.29) is 35.3 Å². The highest BCUT2D eigenvalue weighted by Crippen LogP contribution is 2.20. The molecule has 0 aliphatic carbocycles. The third-order valence-corrected chi connectivity index (χ3v) is 3.33. The van der Waals surface area contributed by atoms with E-state index in [1.54, 1.807) is 13.0 Å². The van der Waals surface area contributed by atoms with Gasteiger partial charge in [-0.1, -0.05) is 29.8 Å². The first-order valence-corrected chi connectivity index (χ1v) is 7.13. The second kappa shape index (κ2) is 7.19. The number of halogens is 2. The summed E-state index contributed by atoms with van der Waals surface area (Å²) in [6.45, 7) is 1.89. The summed E-state index contributed by atoms with van der Waals surface area (Å²) in [7, 11) is 0. The van der Waals surface area contributed by atoms with E-state index in [2.05, 4.69) is 15.6 Å². The Balaban J connectivity index is 2.05. The number of hydrogen-bond acceptors (Lipinski definition) is 4. The topological polar surface area (TPSA) is 97.1 Å². The monoisotopic (exact) mass is 340 g/mol. The first-order valence-electron chi connectivity index (χ1n) is 6.75. The van der Waals surface area contributed by atoms with E-state index < -0.39 is 17.7 Å². The summed E-state index contributed by atoms with van der Waals surface area (Å²) < 4.78 is 15.0. The van der Waals surface area contributed by atoms with Gasteiger partial charge in [0.15, 0.2) is 11.5 Å². The van der Waals surface area contributed by atoms with Gasteiger partial charge >= 0.3 is 5.97 Å². The SMILES string of the molecule is CC(CNC(=O)c1cn(-c2cccc(Cl)c2F)nn1)CC(=O)O. The second-order valence-electron chi connectivity index (χ2n) is 5.03. The average molecular weight is 341 g/mol. The molecule has 1 amide bonds. The third kappa shape index (κ3) is 4.26. The van der Waals surface area contributed by atoms with E-state index in [0.717, 1.165) is 4.68 Å². The standard InChI is InChI=1S/C14H14ClFN4O3/c1-8(5-12(21)22)6-17-14(23)10-7-20(19-18-10)11-4-2-3-9(15)13(11)16/h2-4,7-8H,5-6H2,1H3,(H,17,23)(H,21,22). The Bertz CT molecular complexity index is 735. The Labute approximate surface area is 136 Å². The molecule has 2 rings (SSSR count). The molecule has 1 heterocycles. The lowest BCUT2D eigenvalue weighted by Gasteiger charge is -2.08. The number of carboxylic acid groups (broad SMARTS) is 1. The summed E-state index contributed by atoms with van der Waals surface area (Å²) in [5.74, 6) is -2.34. The average Bonchev–Trinajstić information content (AvgIpc) is 2.96. The van der Waals surface area contributed by atoms with Crippen LogP contribution in [-0.2, 0) is 4.79 Å². The van der Waals surface area contributed by atoms with Gasteiger partial charge in [-0.3, -0.25) is 9.59 Å². The highest BCUT2D eigenvalue weighted by Gasteiger charge is 2.16. The van der Waals surface area contributed by atoms with Gasteiger partial charge in [-0.2, -0.15) is 0 Å². The van der Waals surface area contributed by atoms with Gasteiger partial charge in [0.2, 0.25) is 0 Å². The quantitative estimate of drug-likeness (QED) is 0.837. The number of nitrogens with one attached hydrogen (secondary N) is 1. The maximum atomic E-state index is 13.9. The van der Waals surface area contributed by atoms with Crippen LogP contribution in [0.25, 0.3) is 5.69 Å². The van der Waals surface area contributed by atoms with Crippen LogP contribution in [0.1, 0.15) is 23.8 Å². The molecule has 23 heavy (non-hydrogen) atoms. The molecule has 0 saturated heterocycles. The Morgan fingerprint density at radius 2 is 2.22 bits per heavy atom. The number of carboxylic acids is 1. The molecule has 1 aromatic carbocycles. The molecule has 2 aromatic rings. The molecule has 122 valence electrons. The highest BCUT2D eigenvalue weighted by atomic mass is 35.5. The number of rotatable bonds is 6. The van der Waals surface area contributed by atoms with Crippen molar-refractivity contribution in [2.75, 3.05) is 6.54 Å². The first-order chi connectivity index (χ1) is 10.9. The van der Waals surface area contributed by atoms with Gasteiger partial charge in [0.1, 0.15) is 5.69 Å². The summed E-state index contributed by atoms with van der Waals surface area (Å²) in [4.78, 5) is 22.5. The van der Waals surface area contributed by atoms with Crippen LogP contribution >= 0.6 is 11.6 Å².